The lowest BCUT2D eigenvalue weighted by Crippen LogP contribution is -2.29. The molecule has 2 aliphatic rings. The second-order valence-electron chi connectivity index (χ2n) is 8.37. The van der Waals surface area contributed by atoms with Crippen molar-refractivity contribution >= 4 is 39.2 Å². The first-order valence-electron chi connectivity index (χ1n) is 10.6. The number of aromatic nitrogens is 1. The number of nitrogens with zero attached hydrogens (tertiary/aromatic N) is 3. The van der Waals surface area contributed by atoms with Crippen LogP contribution in [0, 0.1) is 18.8 Å². The molecular formula is C23H27N3O5S. The van der Waals surface area contributed by atoms with Gasteiger partial charge in [-0.05, 0) is 69.0 Å². The number of benzene rings is 1. The highest BCUT2D eigenvalue weighted by Gasteiger charge is 2.33. The Labute approximate surface area is 188 Å². The Morgan fingerprint density at radius 3 is 2.53 bits per heavy atom. The van der Waals surface area contributed by atoms with Crippen molar-refractivity contribution in [3.05, 3.63) is 47.3 Å². The van der Waals surface area contributed by atoms with Crippen molar-refractivity contribution in [1.29, 1.82) is 0 Å². The number of pyridine rings is 1. The summed E-state index contributed by atoms with van der Waals surface area (Å²) in [6, 6.07) is 7.88. The Kier molecular flexibility index (Phi) is 6.32. The first-order chi connectivity index (χ1) is 15.3. The van der Waals surface area contributed by atoms with Gasteiger partial charge in [0, 0.05) is 23.1 Å². The smallest absolute Gasteiger partial charge is 0.337 e. The van der Waals surface area contributed by atoms with Crippen LogP contribution in [-0.4, -0.2) is 50.2 Å². The Morgan fingerprint density at radius 1 is 1.19 bits per heavy atom. The van der Waals surface area contributed by atoms with Gasteiger partial charge in [0.05, 0.1) is 22.0 Å². The standard InChI is InChI=1S/C23H27N3O5S/c1-13-4-3-5-17(24-13)22(28)26(31)19-11-20-18(10-16(19)23(29)30)25-21(32(20)2)15-8-6-14(12-27)7-9-15/h3-5,10-11,14-15,27,31-32H,6-9,12H2,1-2H3,(H,29,30). The van der Waals surface area contributed by atoms with Crippen LogP contribution < -0.4 is 5.06 Å². The van der Waals surface area contributed by atoms with Crippen LogP contribution in [0.25, 0.3) is 0 Å². The van der Waals surface area contributed by atoms with E-state index >= 15 is 0 Å². The van der Waals surface area contributed by atoms with Crippen LogP contribution in [0.5, 0.6) is 0 Å². The number of aliphatic imine (C=N–C) groups is 1. The van der Waals surface area contributed by atoms with Gasteiger partial charge in [-0.2, -0.15) is 16.0 Å². The zero-order valence-electron chi connectivity index (χ0n) is 18.0. The maximum atomic E-state index is 12.8. The molecule has 1 saturated carbocycles. The molecule has 0 radical (unpaired) electrons. The lowest BCUT2D eigenvalue weighted by Gasteiger charge is -2.30. The molecule has 1 fully saturated rings. The highest BCUT2D eigenvalue weighted by molar-refractivity contribution is 8.30. The summed E-state index contributed by atoms with van der Waals surface area (Å²) in [5.41, 5.74) is 0.959. The second-order valence-corrected chi connectivity index (χ2v) is 10.4. The minimum absolute atomic E-state index is 0.0284. The van der Waals surface area contributed by atoms with E-state index < -0.39 is 22.8 Å². The van der Waals surface area contributed by atoms with Gasteiger partial charge >= 0.3 is 11.9 Å². The molecule has 9 heteroatoms. The molecule has 0 saturated heterocycles. The van der Waals surface area contributed by atoms with E-state index in [-0.39, 0.29) is 23.6 Å². The zero-order valence-corrected chi connectivity index (χ0v) is 18.9. The summed E-state index contributed by atoms with van der Waals surface area (Å²) >= 11 is 0. The van der Waals surface area contributed by atoms with E-state index in [9.17, 15) is 25.0 Å². The third kappa shape index (κ3) is 4.15. The number of aliphatic hydroxyl groups is 1. The molecule has 1 unspecified atom stereocenters. The quantitative estimate of drug-likeness (QED) is 0.306. The van der Waals surface area contributed by atoms with Crippen LogP contribution in [0.1, 0.15) is 52.2 Å². The number of amides is 1. The minimum Gasteiger partial charge on any atom is -0.478 e. The van der Waals surface area contributed by atoms with Crippen molar-refractivity contribution < 1.29 is 25.0 Å². The lowest BCUT2D eigenvalue weighted by molar-refractivity contribution is 0.0694. The van der Waals surface area contributed by atoms with Crippen molar-refractivity contribution in [2.75, 3.05) is 17.9 Å². The minimum atomic E-state index is -1.25. The number of hydroxylamine groups is 1. The SMILES string of the molecule is Cc1cccc(C(=O)N(O)c2cc3c(cc2C(=O)O)N=C(C2CCC(CO)CC2)[SH]3C)n1. The first-order valence-corrected chi connectivity index (χ1v) is 12.4. The third-order valence-electron chi connectivity index (χ3n) is 6.26. The average molecular weight is 458 g/mol. The summed E-state index contributed by atoms with van der Waals surface area (Å²) in [5.74, 6) is -1.40. The Morgan fingerprint density at radius 2 is 1.91 bits per heavy atom. The lowest BCUT2D eigenvalue weighted by atomic mass is 9.83. The molecule has 1 amide bonds. The molecule has 4 rings (SSSR count). The molecule has 1 aliphatic heterocycles. The summed E-state index contributed by atoms with van der Waals surface area (Å²) in [5, 5.41) is 31.3. The molecule has 1 atom stereocenters. The van der Waals surface area contributed by atoms with E-state index in [0.29, 0.717) is 28.3 Å². The molecule has 0 bridgehead atoms. The zero-order chi connectivity index (χ0) is 23.0. The van der Waals surface area contributed by atoms with Gasteiger partial charge in [-0.25, -0.2) is 14.8 Å². The molecular weight excluding hydrogens is 430 g/mol. The predicted molar refractivity (Wildman–Crippen MR) is 124 cm³/mol. The van der Waals surface area contributed by atoms with Gasteiger partial charge in [-0.1, -0.05) is 6.07 Å². The number of anilines is 1. The fourth-order valence-corrected chi connectivity index (χ4v) is 6.53. The monoisotopic (exact) mass is 457 g/mol. The summed E-state index contributed by atoms with van der Waals surface area (Å²) in [4.78, 5) is 34.5. The van der Waals surface area contributed by atoms with Gasteiger partial charge in [-0.15, -0.1) is 0 Å². The van der Waals surface area contributed by atoms with Crippen molar-refractivity contribution in [1.82, 2.24) is 4.98 Å². The van der Waals surface area contributed by atoms with Gasteiger partial charge in [0.15, 0.2) is 0 Å². The number of carbonyl (C=O) groups is 2. The van der Waals surface area contributed by atoms with Gasteiger partial charge in [0.25, 0.3) is 0 Å². The van der Waals surface area contributed by atoms with E-state index in [0.717, 1.165) is 35.6 Å². The maximum absolute atomic E-state index is 12.8. The number of fused-ring (bicyclic) bond motifs is 1. The molecule has 32 heavy (non-hydrogen) atoms. The first kappa shape index (κ1) is 22.4. The second kappa shape index (κ2) is 9.01. The van der Waals surface area contributed by atoms with E-state index in [1.54, 1.807) is 25.1 Å². The Hall–Kier alpha value is -2.75. The summed E-state index contributed by atoms with van der Waals surface area (Å²) in [6.07, 6.45) is 5.88. The van der Waals surface area contributed by atoms with Crippen molar-refractivity contribution in [3.8, 4) is 0 Å². The largest absolute Gasteiger partial charge is 0.478 e. The molecule has 170 valence electrons. The van der Waals surface area contributed by atoms with Crippen LogP contribution in [-0.2, 0) is 0 Å². The number of carboxylic acid groups (broad SMARTS) is 1. The number of thiol groups is 1. The van der Waals surface area contributed by atoms with Crippen molar-refractivity contribution in [2.45, 2.75) is 37.5 Å². The number of carbonyl (C=O) groups excluding carboxylic acids is 1. The molecule has 2 heterocycles. The molecule has 3 N–H and O–H groups in total. The fraction of sp³-hybridized carbons (Fsp3) is 0.391. The molecule has 1 aliphatic carbocycles. The van der Waals surface area contributed by atoms with Crippen LogP contribution >= 0.6 is 10.9 Å². The summed E-state index contributed by atoms with van der Waals surface area (Å²) in [7, 11) is -0.807. The van der Waals surface area contributed by atoms with Gasteiger partial charge in [0.1, 0.15) is 5.69 Å². The van der Waals surface area contributed by atoms with Gasteiger partial charge < -0.3 is 10.2 Å². The highest BCUT2D eigenvalue weighted by Crippen LogP contribution is 2.53. The van der Waals surface area contributed by atoms with Gasteiger partial charge in [-0.3, -0.25) is 10.0 Å². The number of aryl methyl sites for hydroxylation is 1. The van der Waals surface area contributed by atoms with Gasteiger partial charge in [0.2, 0.25) is 0 Å². The number of hydrogen-bond donors (Lipinski definition) is 4. The summed E-state index contributed by atoms with van der Waals surface area (Å²) < 4.78 is 0. The van der Waals surface area contributed by atoms with E-state index in [1.807, 2.05) is 0 Å². The average Bonchev–Trinajstić information content (AvgIpc) is 3.12. The number of aliphatic hydroxyl groups excluding tert-OH is 1. The molecule has 8 nitrogen and oxygen atoms in total. The van der Waals surface area contributed by atoms with Crippen LogP contribution in [0.3, 0.4) is 0 Å². The third-order valence-corrected chi connectivity index (χ3v) is 8.49. The normalized spacial score (nSPS) is 23.4. The van der Waals surface area contributed by atoms with E-state index in [2.05, 4.69) is 11.2 Å². The Bertz CT molecular complexity index is 1100. The molecule has 2 aromatic rings. The van der Waals surface area contributed by atoms with Crippen LogP contribution in [0.15, 0.2) is 40.2 Å². The number of hydrogen-bond acceptors (Lipinski definition) is 6. The van der Waals surface area contributed by atoms with E-state index in [4.69, 9.17) is 4.99 Å². The molecule has 1 aromatic carbocycles. The number of carboxylic acids is 1. The van der Waals surface area contributed by atoms with Crippen molar-refractivity contribution in [2.24, 2.45) is 16.8 Å². The van der Waals surface area contributed by atoms with Crippen molar-refractivity contribution in [3.63, 3.8) is 0 Å². The highest BCUT2D eigenvalue weighted by atomic mass is 32.2. The molecule has 1 aromatic heterocycles. The fourth-order valence-electron chi connectivity index (χ4n) is 4.44. The van der Waals surface area contributed by atoms with Crippen LogP contribution in [0.2, 0.25) is 0 Å². The number of aromatic carboxylic acids is 1. The predicted octanol–water partition coefficient (Wildman–Crippen LogP) is 3.96. The van der Waals surface area contributed by atoms with Crippen LogP contribution in [0.4, 0.5) is 11.4 Å². The summed E-state index contributed by atoms with van der Waals surface area (Å²) in [6.45, 7) is 1.94. The topological polar surface area (TPSA) is 123 Å². The van der Waals surface area contributed by atoms with E-state index in [1.165, 1.54) is 12.1 Å². The maximum Gasteiger partial charge on any atom is 0.337 e. The molecule has 0 spiro atoms. The Balaban J connectivity index is 1.66. The number of rotatable bonds is 5.